The second kappa shape index (κ2) is 8.70. The number of carbonyl (C=O) groups is 1. The zero-order chi connectivity index (χ0) is 19.0. The first-order chi connectivity index (χ1) is 13.1. The molecule has 2 aromatic heterocycles. The van der Waals surface area contributed by atoms with Gasteiger partial charge in [0.25, 0.3) is 5.91 Å². The van der Waals surface area contributed by atoms with Gasteiger partial charge in [0, 0.05) is 63.0 Å². The Morgan fingerprint density at radius 3 is 2.54 bits per heavy atom. The number of amides is 1. The Morgan fingerprint density at radius 1 is 1.14 bits per heavy atom. The third kappa shape index (κ3) is 3.98. The molecule has 0 bridgehead atoms. The van der Waals surface area contributed by atoms with Crippen LogP contribution in [0.1, 0.15) is 58.5 Å². The largest absolute Gasteiger partial charge is 0.465 e. The Hall–Kier alpha value is -1.79. The number of fused-ring (bicyclic) bond motifs is 1. The maximum absolute atomic E-state index is 13.1. The molecule has 0 saturated carbocycles. The van der Waals surface area contributed by atoms with Crippen LogP contribution in [0.15, 0.2) is 10.6 Å². The standard InChI is InChI=1S/C21H30N4O2.ClH/c1-4-25-14-17(15(2)22-25)13-23-9-11-24(12-10-23)21(26)20-16(3)27-19-8-6-5-7-18(19)20;/h14H,4-13H2,1-3H3;1H. The molecular formula is C21H31ClN4O2. The van der Waals surface area contributed by atoms with Gasteiger partial charge >= 0.3 is 0 Å². The highest BCUT2D eigenvalue weighted by Crippen LogP contribution is 2.30. The van der Waals surface area contributed by atoms with Gasteiger partial charge in [-0.2, -0.15) is 5.10 Å². The summed E-state index contributed by atoms with van der Waals surface area (Å²) in [5.41, 5.74) is 4.42. The fraction of sp³-hybridized carbons (Fsp3) is 0.619. The van der Waals surface area contributed by atoms with Crippen molar-refractivity contribution >= 4 is 18.3 Å². The number of hydrogen-bond donors (Lipinski definition) is 0. The molecule has 0 N–H and O–H groups in total. The quantitative estimate of drug-likeness (QED) is 0.781. The van der Waals surface area contributed by atoms with E-state index < -0.39 is 0 Å². The topological polar surface area (TPSA) is 54.5 Å². The Labute approximate surface area is 173 Å². The summed E-state index contributed by atoms with van der Waals surface area (Å²) in [6.45, 7) is 11.3. The van der Waals surface area contributed by atoms with E-state index in [2.05, 4.69) is 30.0 Å². The Kier molecular flexibility index (Phi) is 6.50. The molecule has 1 aliphatic heterocycles. The summed E-state index contributed by atoms with van der Waals surface area (Å²) >= 11 is 0. The number of halogens is 1. The number of aryl methyl sites for hydroxylation is 4. The number of nitrogens with zero attached hydrogens (tertiary/aromatic N) is 4. The van der Waals surface area contributed by atoms with Crippen molar-refractivity contribution in [2.24, 2.45) is 0 Å². The van der Waals surface area contributed by atoms with Gasteiger partial charge < -0.3 is 9.32 Å². The van der Waals surface area contributed by atoms with Gasteiger partial charge in [-0.15, -0.1) is 12.4 Å². The molecule has 0 spiro atoms. The minimum atomic E-state index is 0. The lowest BCUT2D eigenvalue weighted by Gasteiger charge is -2.34. The van der Waals surface area contributed by atoms with Crippen LogP contribution in [0, 0.1) is 13.8 Å². The first-order valence-electron chi connectivity index (χ1n) is 10.2. The predicted molar refractivity (Wildman–Crippen MR) is 111 cm³/mol. The summed E-state index contributed by atoms with van der Waals surface area (Å²) in [6, 6.07) is 0. The molecule has 1 saturated heterocycles. The van der Waals surface area contributed by atoms with E-state index in [0.29, 0.717) is 0 Å². The van der Waals surface area contributed by atoms with Crippen molar-refractivity contribution in [2.45, 2.75) is 59.5 Å². The third-order valence-electron chi connectivity index (χ3n) is 5.99. The molecule has 0 radical (unpaired) electrons. The van der Waals surface area contributed by atoms with Crippen LogP contribution < -0.4 is 0 Å². The highest BCUT2D eigenvalue weighted by molar-refractivity contribution is 5.97. The van der Waals surface area contributed by atoms with E-state index in [-0.39, 0.29) is 18.3 Å². The Balaban J connectivity index is 0.00000225. The van der Waals surface area contributed by atoms with Gasteiger partial charge in [0.2, 0.25) is 0 Å². The van der Waals surface area contributed by atoms with Gasteiger partial charge in [-0.3, -0.25) is 14.4 Å². The van der Waals surface area contributed by atoms with Crippen LogP contribution in [0.4, 0.5) is 0 Å². The predicted octanol–water partition coefficient (Wildman–Crippen LogP) is 3.37. The van der Waals surface area contributed by atoms with Crippen molar-refractivity contribution in [1.82, 2.24) is 19.6 Å². The van der Waals surface area contributed by atoms with E-state index in [9.17, 15) is 4.79 Å². The minimum absolute atomic E-state index is 0. The smallest absolute Gasteiger partial charge is 0.257 e. The van der Waals surface area contributed by atoms with Crippen LogP contribution in [0.25, 0.3) is 0 Å². The Bertz CT molecular complexity index is 834. The molecule has 1 aliphatic carbocycles. The molecule has 0 atom stereocenters. The number of carbonyl (C=O) groups excluding carboxylic acids is 1. The molecule has 7 heteroatoms. The van der Waals surface area contributed by atoms with Crippen LogP contribution >= 0.6 is 12.4 Å². The fourth-order valence-electron chi connectivity index (χ4n) is 4.37. The summed E-state index contributed by atoms with van der Waals surface area (Å²) in [5, 5.41) is 4.54. The van der Waals surface area contributed by atoms with Crippen molar-refractivity contribution in [2.75, 3.05) is 26.2 Å². The summed E-state index contributed by atoms with van der Waals surface area (Å²) in [4.78, 5) is 17.6. The van der Waals surface area contributed by atoms with E-state index in [4.69, 9.17) is 4.42 Å². The lowest BCUT2D eigenvalue weighted by Crippen LogP contribution is -2.48. The van der Waals surface area contributed by atoms with E-state index in [1.807, 2.05) is 16.5 Å². The number of aromatic nitrogens is 2. The lowest BCUT2D eigenvalue weighted by molar-refractivity contribution is 0.0625. The molecule has 1 fully saturated rings. The van der Waals surface area contributed by atoms with Gasteiger partial charge in [-0.1, -0.05) is 0 Å². The van der Waals surface area contributed by atoms with Crippen LogP contribution in [-0.2, 0) is 25.9 Å². The molecule has 0 unspecified atom stereocenters. The first kappa shape index (κ1) is 20.9. The van der Waals surface area contributed by atoms with Crippen molar-refractivity contribution < 1.29 is 9.21 Å². The average molecular weight is 407 g/mol. The van der Waals surface area contributed by atoms with E-state index >= 15 is 0 Å². The highest BCUT2D eigenvalue weighted by Gasteiger charge is 2.30. The van der Waals surface area contributed by atoms with E-state index in [1.165, 1.54) is 17.5 Å². The molecule has 6 nitrogen and oxygen atoms in total. The zero-order valence-corrected chi connectivity index (χ0v) is 18.0. The SMILES string of the molecule is CCn1cc(CN2CCN(C(=O)c3c(C)oc4c3CCCC4)CC2)c(C)n1.Cl. The normalized spacial score (nSPS) is 17.3. The molecule has 0 aromatic carbocycles. The van der Waals surface area contributed by atoms with E-state index in [1.54, 1.807) is 0 Å². The number of rotatable bonds is 4. The number of hydrogen-bond acceptors (Lipinski definition) is 4. The summed E-state index contributed by atoms with van der Waals surface area (Å²) in [7, 11) is 0. The minimum Gasteiger partial charge on any atom is -0.465 e. The molecular weight excluding hydrogens is 376 g/mol. The number of piperazine rings is 1. The molecule has 2 aromatic rings. The molecule has 2 aliphatic rings. The molecule has 154 valence electrons. The zero-order valence-electron chi connectivity index (χ0n) is 17.2. The maximum atomic E-state index is 13.1. The van der Waals surface area contributed by atoms with Crippen LogP contribution in [0.2, 0.25) is 0 Å². The molecule has 1 amide bonds. The number of furan rings is 1. The first-order valence-corrected chi connectivity index (χ1v) is 10.2. The fourth-order valence-corrected chi connectivity index (χ4v) is 4.37. The van der Waals surface area contributed by atoms with Gasteiger partial charge in [0.15, 0.2) is 0 Å². The summed E-state index contributed by atoms with van der Waals surface area (Å²) < 4.78 is 7.90. The Morgan fingerprint density at radius 2 is 1.86 bits per heavy atom. The monoisotopic (exact) mass is 406 g/mol. The highest BCUT2D eigenvalue weighted by atomic mass is 35.5. The van der Waals surface area contributed by atoms with E-state index in [0.717, 1.165) is 81.3 Å². The second-order valence-corrected chi connectivity index (χ2v) is 7.81. The molecule has 28 heavy (non-hydrogen) atoms. The third-order valence-corrected chi connectivity index (χ3v) is 5.99. The summed E-state index contributed by atoms with van der Waals surface area (Å²) in [5.74, 6) is 2.01. The van der Waals surface area contributed by atoms with Crippen molar-refractivity contribution in [3.63, 3.8) is 0 Å². The van der Waals surface area contributed by atoms with Crippen molar-refractivity contribution in [1.29, 1.82) is 0 Å². The van der Waals surface area contributed by atoms with Crippen molar-refractivity contribution in [3.8, 4) is 0 Å². The van der Waals surface area contributed by atoms with Crippen molar-refractivity contribution in [3.05, 3.63) is 40.1 Å². The summed E-state index contributed by atoms with van der Waals surface area (Å²) in [6.07, 6.45) is 6.43. The van der Waals surface area contributed by atoms with Gasteiger partial charge in [-0.25, -0.2) is 0 Å². The molecule has 3 heterocycles. The van der Waals surface area contributed by atoms with Crippen LogP contribution in [0.5, 0.6) is 0 Å². The second-order valence-electron chi connectivity index (χ2n) is 7.81. The van der Waals surface area contributed by atoms with Gasteiger partial charge in [0.05, 0.1) is 11.3 Å². The van der Waals surface area contributed by atoms with Gasteiger partial charge in [0.1, 0.15) is 11.5 Å². The van der Waals surface area contributed by atoms with Gasteiger partial charge in [-0.05, 0) is 40.0 Å². The molecule has 4 rings (SSSR count). The maximum Gasteiger partial charge on any atom is 0.257 e. The average Bonchev–Trinajstić information content (AvgIpc) is 3.20. The lowest BCUT2D eigenvalue weighted by atomic mass is 9.94. The van der Waals surface area contributed by atoms with Crippen LogP contribution in [0.3, 0.4) is 0 Å². The van der Waals surface area contributed by atoms with Crippen LogP contribution in [-0.4, -0.2) is 51.7 Å².